The molecule has 1 aromatic heterocycles. The summed E-state index contributed by atoms with van der Waals surface area (Å²) in [6.45, 7) is -0.335. The van der Waals surface area contributed by atoms with Crippen LogP contribution in [0.15, 0.2) is 57.7 Å². The van der Waals surface area contributed by atoms with Gasteiger partial charge < -0.3 is 9.15 Å². The highest BCUT2D eigenvalue weighted by Gasteiger charge is 2.34. The van der Waals surface area contributed by atoms with Gasteiger partial charge in [-0.05, 0) is 30.3 Å². The van der Waals surface area contributed by atoms with Crippen molar-refractivity contribution < 1.29 is 23.5 Å². The molecule has 2 aromatic carbocycles. The van der Waals surface area contributed by atoms with Crippen molar-refractivity contribution in [2.45, 2.75) is 0 Å². The smallest absolute Gasteiger partial charge is 0.374 e. The number of esters is 1. The number of fused-ring (bicyclic) bond motifs is 2. The molecule has 0 saturated carbocycles. The van der Waals surface area contributed by atoms with Crippen molar-refractivity contribution in [1.29, 1.82) is 0 Å². The lowest BCUT2D eigenvalue weighted by Crippen LogP contribution is -2.33. The quantitative estimate of drug-likeness (QED) is 0.496. The first-order valence-corrected chi connectivity index (χ1v) is 8.69. The average Bonchev–Trinajstić information content (AvgIpc) is 2.93. The Hall–Kier alpha value is -3.45. The zero-order valence-electron chi connectivity index (χ0n) is 14.3. The van der Waals surface area contributed by atoms with Crippen molar-refractivity contribution in [2.24, 2.45) is 0 Å². The Morgan fingerprint density at radius 1 is 1.00 bits per heavy atom. The van der Waals surface area contributed by atoms with E-state index in [0.29, 0.717) is 16.1 Å². The van der Waals surface area contributed by atoms with Gasteiger partial charge in [0.15, 0.2) is 5.43 Å². The van der Waals surface area contributed by atoms with Crippen LogP contribution in [0.3, 0.4) is 0 Å². The van der Waals surface area contributed by atoms with Crippen molar-refractivity contribution in [3.8, 4) is 0 Å². The normalized spacial score (nSPS) is 13.1. The summed E-state index contributed by atoms with van der Waals surface area (Å²) >= 11 is 5.85. The van der Waals surface area contributed by atoms with Gasteiger partial charge in [0.25, 0.3) is 11.8 Å². The first kappa shape index (κ1) is 17.9. The maximum Gasteiger partial charge on any atom is 0.374 e. The van der Waals surface area contributed by atoms with Crippen LogP contribution in [0.5, 0.6) is 0 Å². The molecule has 140 valence electrons. The van der Waals surface area contributed by atoms with Crippen LogP contribution in [0, 0.1) is 0 Å². The molecule has 4 rings (SSSR count). The summed E-state index contributed by atoms with van der Waals surface area (Å²) in [7, 11) is 0. The minimum Gasteiger partial charge on any atom is -0.458 e. The second-order valence-corrected chi connectivity index (χ2v) is 6.50. The number of nitrogens with zero attached hydrogens (tertiary/aromatic N) is 1. The molecule has 7 nitrogen and oxygen atoms in total. The lowest BCUT2D eigenvalue weighted by atomic mass is 10.1. The summed E-state index contributed by atoms with van der Waals surface area (Å²) in [5.41, 5.74) is 0.399. The first-order chi connectivity index (χ1) is 13.5. The van der Waals surface area contributed by atoms with Gasteiger partial charge in [-0.2, -0.15) is 0 Å². The Bertz CT molecular complexity index is 1160. The van der Waals surface area contributed by atoms with Crippen LogP contribution in [0.4, 0.5) is 0 Å². The molecule has 2 heterocycles. The zero-order chi connectivity index (χ0) is 19.8. The number of halogens is 1. The lowest BCUT2D eigenvalue weighted by Gasteiger charge is -2.13. The molecular formula is C20H12ClNO6. The van der Waals surface area contributed by atoms with Crippen molar-refractivity contribution in [3.63, 3.8) is 0 Å². The Kier molecular flexibility index (Phi) is 4.44. The number of amides is 2. The Morgan fingerprint density at radius 2 is 1.68 bits per heavy atom. The fourth-order valence-corrected chi connectivity index (χ4v) is 3.14. The van der Waals surface area contributed by atoms with Gasteiger partial charge >= 0.3 is 5.97 Å². The molecule has 0 fully saturated rings. The number of carbonyl (C=O) groups is 3. The molecule has 28 heavy (non-hydrogen) atoms. The largest absolute Gasteiger partial charge is 0.458 e. The van der Waals surface area contributed by atoms with Crippen molar-refractivity contribution in [1.82, 2.24) is 4.90 Å². The van der Waals surface area contributed by atoms with Crippen LogP contribution in [-0.2, 0) is 4.74 Å². The Labute approximate surface area is 163 Å². The molecule has 0 N–H and O–H groups in total. The summed E-state index contributed by atoms with van der Waals surface area (Å²) in [6.07, 6.45) is 0. The van der Waals surface area contributed by atoms with Gasteiger partial charge in [-0.25, -0.2) is 4.79 Å². The monoisotopic (exact) mass is 397 g/mol. The van der Waals surface area contributed by atoms with Gasteiger partial charge in [-0.15, -0.1) is 0 Å². The number of imide groups is 1. The van der Waals surface area contributed by atoms with E-state index < -0.39 is 23.2 Å². The minimum atomic E-state index is -0.870. The third-order valence-corrected chi connectivity index (χ3v) is 4.55. The molecule has 0 saturated heterocycles. The van der Waals surface area contributed by atoms with E-state index in [1.165, 1.54) is 18.2 Å². The van der Waals surface area contributed by atoms with Gasteiger partial charge in [0.1, 0.15) is 12.2 Å². The van der Waals surface area contributed by atoms with Crippen LogP contribution in [-0.4, -0.2) is 35.8 Å². The summed E-state index contributed by atoms with van der Waals surface area (Å²) in [6, 6.07) is 11.9. The number of hydrogen-bond donors (Lipinski definition) is 0. The van der Waals surface area contributed by atoms with Gasteiger partial charge in [0.2, 0.25) is 5.76 Å². The van der Waals surface area contributed by atoms with E-state index in [4.69, 9.17) is 20.8 Å². The van der Waals surface area contributed by atoms with Crippen LogP contribution < -0.4 is 5.43 Å². The van der Waals surface area contributed by atoms with Crippen molar-refractivity contribution in [3.05, 3.63) is 80.7 Å². The average molecular weight is 398 g/mol. The molecule has 0 spiro atoms. The van der Waals surface area contributed by atoms with Crippen molar-refractivity contribution in [2.75, 3.05) is 13.2 Å². The van der Waals surface area contributed by atoms with Gasteiger partial charge in [0, 0.05) is 11.1 Å². The molecule has 1 aliphatic rings. The fourth-order valence-electron chi connectivity index (χ4n) is 2.97. The Morgan fingerprint density at radius 3 is 2.36 bits per heavy atom. The van der Waals surface area contributed by atoms with Crippen LogP contribution in [0.25, 0.3) is 11.0 Å². The third kappa shape index (κ3) is 3.05. The summed E-state index contributed by atoms with van der Waals surface area (Å²) in [4.78, 5) is 49.9. The molecule has 8 heteroatoms. The topological polar surface area (TPSA) is 93.9 Å². The molecule has 0 bridgehead atoms. The highest BCUT2D eigenvalue weighted by atomic mass is 35.5. The zero-order valence-corrected chi connectivity index (χ0v) is 15.1. The highest BCUT2D eigenvalue weighted by molar-refractivity contribution is 6.31. The van der Waals surface area contributed by atoms with Crippen LogP contribution in [0.2, 0.25) is 5.02 Å². The molecule has 2 amide bonds. The van der Waals surface area contributed by atoms with Gasteiger partial charge in [-0.1, -0.05) is 23.7 Å². The maximum absolute atomic E-state index is 12.3. The molecule has 0 atom stereocenters. The number of carbonyl (C=O) groups excluding carboxylic acids is 3. The third-order valence-electron chi connectivity index (χ3n) is 4.32. The highest BCUT2D eigenvalue weighted by Crippen LogP contribution is 2.22. The summed E-state index contributed by atoms with van der Waals surface area (Å²) in [5, 5.41) is 0.617. The number of ether oxygens (including phenoxy) is 1. The predicted octanol–water partition coefficient (Wildman–Crippen LogP) is 2.90. The SMILES string of the molecule is O=C(OCCN1C(=O)c2ccccc2C1=O)c1cc(=O)c2cc(Cl)ccc2o1. The van der Waals surface area contributed by atoms with Crippen molar-refractivity contribution >= 4 is 40.4 Å². The second-order valence-electron chi connectivity index (χ2n) is 6.06. The number of benzene rings is 2. The Balaban J connectivity index is 1.45. The summed E-state index contributed by atoms with van der Waals surface area (Å²) in [5.74, 6) is -2.02. The molecule has 0 unspecified atom stereocenters. The molecule has 3 aromatic rings. The van der Waals surface area contributed by atoms with E-state index in [9.17, 15) is 19.2 Å². The van der Waals surface area contributed by atoms with Gasteiger partial charge in [-0.3, -0.25) is 19.3 Å². The van der Waals surface area contributed by atoms with E-state index in [1.807, 2.05) is 0 Å². The molecule has 1 aliphatic heterocycles. The minimum absolute atomic E-state index is 0.106. The molecule has 0 radical (unpaired) electrons. The second kappa shape index (κ2) is 6.94. The maximum atomic E-state index is 12.3. The van der Waals surface area contributed by atoms with E-state index in [2.05, 4.69) is 0 Å². The molecule has 0 aliphatic carbocycles. The van der Waals surface area contributed by atoms with Crippen LogP contribution in [0.1, 0.15) is 31.3 Å². The number of hydrogen-bond acceptors (Lipinski definition) is 6. The molecular weight excluding hydrogens is 386 g/mol. The van der Waals surface area contributed by atoms with Gasteiger partial charge in [0.05, 0.1) is 23.1 Å². The van der Waals surface area contributed by atoms with E-state index in [1.54, 1.807) is 24.3 Å². The standard InChI is InChI=1S/C20H12ClNO6/c21-11-5-6-16-14(9-11)15(23)10-17(28-16)20(26)27-8-7-22-18(24)12-3-1-2-4-13(12)19(22)25/h1-6,9-10H,7-8H2. The van der Waals surface area contributed by atoms with Crippen LogP contribution >= 0.6 is 11.6 Å². The van der Waals surface area contributed by atoms with E-state index >= 15 is 0 Å². The lowest BCUT2D eigenvalue weighted by molar-refractivity contribution is 0.0394. The fraction of sp³-hybridized carbons (Fsp3) is 0.100. The van der Waals surface area contributed by atoms with E-state index in [-0.39, 0.29) is 29.9 Å². The van der Waals surface area contributed by atoms with E-state index in [0.717, 1.165) is 11.0 Å². The predicted molar refractivity (Wildman–Crippen MR) is 99.6 cm³/mol. The first-order valence-electron chi connectivity index (χ1n) is 8.31. The number of rotatable bonds is 4. The summed E-state index contributed by atoms with van der Waals surface area (Å²) < 4.78 is 10.5.